The largest absolute Gasteiger partial charge is 0.456 e. The van der Waals surface area contributed by atoms with Crippen molar-refractivity contribution in [1.29, 1.82) is 0 Å². The van der Waals surface area contributed by atoms with Crippen LogP contribution in [0.25, 0.3) is 44.1 Å². The zero-order valence-electron chi connectivity index (χ0n) is 13.2. The Morgan fingerprint density at radius 1 is 0.750 bits per heavy atom. The van der Waals surface area contributed by atoms with E-state index in [-0.39, 0.29) is 0 Å². The maximum Gasteiger partial charge on any atom is 0.159 e. The van der Waals surface area contributed by atoms with Gasteiger partial charge in [0.25, 0.3) is 0 Å². The van der Waals surface area contributed by atoms with Gasteiger partial charge in [-0.2, -0.15) is 0 Å². The summed E-state index contributed by atoms with van der Waals surface area (Å²) in [5.74, 6) is 0. The van der Waals surface area contributed by atoms with E-state index < -0.39 is 0 Å². The topological polar surface area (TPSA) is 38.9 Å². The average molecular weight is 310 g/mol. The minimum absolute atomic E-state index is 0.767. The van der Waals surface area contributed by atoms with Crippen LogP contribution < -0.4 is 0 Å². The van der Waals surface area contributed by atoms with E-state index in [4.69, 9.17) is 4.42 Å². The molecule has 5 rings (SSSR count). The van der Waals surface area contributed by atoms with E-state index in [1.807, 2.05) is 30.5 Å². The van der Waals surface area contributed by atoms with Gasteiger partial charge in [0.15, 0.2) is 5.65 Å². The highest BCUT2D eigenvalue weighted by molar-refractivity contribution is 6.07. The molecule has 2 aromatic carbocycles. The second-order valence-corrected chi connectivity index (χ2v) is 6.05. The summed E-state index contributed by atoms with van der Waals surface area (Å²) in [5.41, 5.74) is 6.12. The summed E-state index contributed by atoms with van der Waals surface area (Å²) in [7, 11) is 0. The summed E-state index contributed by atoms with van der Waals surface area (Å²) in [6, 6.07) is 18.7. The third-order valence-corrected chi connectivity index (χ3v) is 4.45. The van der Waals surface area contributed by atoms with Gasteiger partial charge in [-0.3, -0.25) is 0 Å². The zero-order valence-corrected chi connectivity index (χ0v) is 13.2. The molecule has 0 aliphatic rings. The van der Waals surface area contributed by atoms with Crippen molar-refractivity contribution in [2.45, 2.75) is 6.92 Å². The number of rotatable bonds is 1. The summed E-state index contributed by atoms with van der Waals surface area (Å²) in [6.45, 7) is 2.10. The number of furan rings is 1. The third kappa shape index (κ3) is 1.91. The summed E-state index contributed by atoms with van der Waals surface area (Å²) >= 11 is 0. The average Bonchev–Trinajstić information content (AvgIpc) is 2.98. The molecule has 0 N–H and O–H groups in total. The second kappa shape index (κ2) is 4.90. The molecule has 3 heterocycles. The number of pyridine rings is 2. The summed E-state index contributed by atoms with van der Waals surface area (Å²) < 4.78 is 5.96. The van der Waals surface area contributed by atoms with Crippen molar-refractivity contribution in [3.63, 3.8) is 0 Å². The van der Waals surface area contributed by atoms with Crippen molar-refractivity contribution < 1.29 is 4.42 Å². The van der Waals surface area contributed by atoms with Crippen LogP contribution in [-0.2, 0) is 0 Å². The fraction of sp³-hybridized carbons (Fsp3) is 0.0476. The molecular formula is C21H14N2O. The molecule has 114 valence electrons. The number of nitrogens with zero attached hydrogens (tertiary/aromatic N) is 2. The number of aromatic nitrogens is 2. The highest BCUT2D eigenvalue weighted by Gasteiger charge is 2.10. The molecule has 5 aromatic rings. The van der Waals surface area contributed by atoms with Crippen LogP contribution in [0.5, 0.6) is 0 Å². The molecule has 0 aliphatic carbocycles. The highest BCUT2D eigenvalue weighted by atomic mass is 16.3. The van der Waals surface area contributed by atoms with Crippen LogP contribution in [0.15, 0.2) is 71.4 Å². The van der Waals surface area contributed by atoms with E-state index >= 15 is 0 Å². The van der Waals surface area contributed by atoms with Gasteiger partial charge in [0, 0.05) is 28.6 Å². The highest BCUT2D eigenvalue weighted by Crippen LogP contribution is 2.34. The van der Waals surface area contributed by atoms with Gasteiger partial charge in [0.2, 0.25) is 0 Å². The first-order valence-electron chi connectivity index (χ1n) is 7.93. The normalized spacial score (nSPS) is 11.5. The molecule has 3 heteroatoms. The fourth-order valence-electron chi connectivity index (χ4n) is 3.29. The van der Waals surface area contributed by atoms with Gasteiger partial charge in [0.05, 0.1) is 0 Å². The molecule has 0 radical (unpaired) electrons. The van der Waals surface area contributed by atoms with E-state index in [1.165, 1.54) is 5.56 Å². The zero-order chi connectivity index (χ0) is 16.1. The van der Waals surface area contributed by atoms with E-state index in [0.29, 0.717) is 0 Å². The summed E-state index contributed by atoms with van der Waals surface area (Å²) in [4.78, 5) is 8.70. The Labute approximate surface area is 138 Å². The molecule has 0 aliphatic heterocycles. The Hall–Kier alpha value is -3.20. The van der Waals surface area contributed by atoms with Crippen LogP contribution in [0.4, 0.5) is 0 Å². The maximum absolute atomic E-state index is 5.96. The Morgan fingerprint density at radius 2 is 1.54 bits per heavy atom. The second-order valence-electron chi connectivity index (χ2n) is 6.05. The summed E-state index contributed by atoms with van der Waals surface area (Å²) in [5, 5.41) is 3.35. The van der Waals surface area contributed by atoms with Gasteiger partial charge in [-0.05, 0) is 60.5 Å². The van der Waals surface area contributed by atoms with Gasteiger partial charge in [-0.15, -0.1) is 0 Å². The molecule has 0 amide bonds. The van der Waals surface area contributed by atoms with Gasteiger partial charge in [0.1, 0.15) is 11.2 Å². The molecule has 0 saturated heterocycles. The van der Waals surface area contributed by atoms with Crippen LogP contribution in [0.2, 0.25) is 0 Å². The number of hydrogen-bond donors (Lipinski definition) is 0. The van der Waals surface area contributed by atoms with E-state index in [0.717, 1.165) is 44.1 Å². The lowest BCUT2D eigenvalue weighted by Crippen LogP contribution is -1.86. The molecule has 0 atom stereocenters. The first-order chi connectivity index (χ1) is 11.8. The monoisotopic (exact) mass is 310 g/mol. The Bertz CT molecular complexity index is 1220. The molecule has 0 bridgehead atoms. The first-order valence-corrected chi connectivity index (χ1v) is 7.93. The molecule has 24 heavy (non-hydrogen) atoms. The van der Waals surface area contributed by atoms with Crippen molar-refractivity contribution >= 4 is 33.0 Å². The quantitative estimate of drug-likeness (QED) is 0.410. The van der Waals surface area contributed by atoms with Crippen molar-refractivity contribution in [1.82, 2.24) is 9.97 Å². The minimum Gasteiger partial charge on any atom is -0.456 e. The number of fused-ring (bicyclic) bond motifs is 4. The lowest BCUT2D eigenvalue weighted by Gasteiger charge is -2.05. The molecule has 0 saturated carbocycles. The Kier molecular flexibility index (Phi) is 2.71. The van der Waals surface area contributed by atoms with Crippen molar-refractivity contribution in [3.05, 3.63) is 72.6 Å². The Balaban J connectivity index is 1.83. The SMILES string of the molecule is Cc1ccc2oc3ccc(-c4ccnc5ncccc45)cc3c2c1. The van der Waals surface area contributed by atoms with Crippen LogP contribution in [0.3, 0.4) is 0 Å². The molecule has 0 unspecified atom stereocenters. The van der Waals surface area contributed by atoms with Crippen molar-refractivity contribution in [2.24, 2.45) is 0 Å². The number of aryl methyl sites for hydroxylation is 1. The van der Waals surface area contributed by atoms with E-state index in [9.17, 15) is 0 Å². The molecular weight excluding hydrogens is 296 g/mol. The van der Waals surface area contributed by atoms with Crippen LogP contribution in [-0.4, -0.2) is 9.97 Å². The first kappa shape index (κ1) is 13.3. The summed E-state index contributed by atoms with van der Waals surface area (Å²) in [6.07, 6.45) is 3.58. The predicted octanol–water partition coefficient (Wildman–Crippen LogP) is 5.50. The van der Waals surface area contributed by atoms with Gasteiger partial charge in [-0.25, -0.2) is 9.97 Å². The lowest BCUT2D eigenvalue weighted by molar-refractivity contribution is 0.669. The van der Waals surface area contributed by atoms with E-state index in [1.54, 1.807) is 6.20 Å². The predicted molar refractivity (Wildman–Crippen MR) is 97.0 cm³/mol. The standard InChI is InChI=1S/C21H14N2O/c1-13-4-6-19-17(11-13)18-12-14(5-7-20(18)24-19)15-8-10-23-21-16(15)3-2-9-22-21/h2-12H,1H3. The molecule has 3 nitrogen and oxygen atoms in total. The third-order valence-electron chi connectivity index (χ3n) is 4.45. The number of hydrogen-bond acceptors (Lipinski definition) is 3. The minimum atomic E-state index is 0.767. The van der Waals surface area contributed by atoms with Gasteiger partial charge < -0.3 is 4.42 Å². The molecule has 0 fully saturated rings. The van der Waals surface area contributed by atoms with Crippen LogP contribution in [0.1, 0.15) is 5.56 Å². The Morgan fingerprint density at radius 3 is 2.46 bits per heavy atom. The fourth-order valence-corrected chi connectivity index (χ4v) is 3.29. The van der Waals surface area contributed by atoms with Crippen LogP contribution >= 0.6 is 0 Å². The van der Waals surface area contributed by atoms with Crippen molar-refractivity contribution in [3.8, 4) is 11.1 Å². The maximum atomic E-state index is 5.96. The van der Waals surface area contributed by atoms with Gasteiger partial charge in [-0.1, -0.05) is 17.7 Å². The van der Waals surface area contributed by atoms with Crippen molar-refractivity contribution in [2.75, 3.05) is 0 Å². The van der Waals surface area contributed by atoms with Crippen LogP contribution in [0, 0.1) is 6.92 Å². The van der Waals surface area contributed by atoms with E-state index in [2.05, 4.69) is 47.2 Å². The number of benzene rings is 2. The lowest BCUT2D eigenvalue weighted by atomic mass is 10.0. The van der Waals surface area contributed by atoms with Gasteiger partial charge >= 0.3 is 0 Å². The molecule has 0 spiro atoms. The molecule has 3 aromatic heterocycles. The smallest absolute Gasteiger partial charge is 0.159 e.